The standard InChI is InChI=1S/C14H16BrNO2/c15-12-6-4-5-11(9-12)13(17)10-16-8-3-1-2-7-14(16)18/h4-6,9H,1-3,7-8,10H2. The molecule has 0 radical (unpaired) electrons. The first kappa shape index (κ1) is 13.3. The van der Waals surface area contributed by atoms with Gasteiger partial charge in [0, 0.05) is 23.0 Å². The van der Waals surface area contributed by atoms with Crippen LogP contribution in [0.5, 0.6) is 0 Å². The van der Waals surface area contributed by atoms with Crippen LogP contribution in [0, 0.1) is 0 Å². The lowest BCUT2D eigenvalue weighted by atomic mass is 10.1. The van der Waals surface area contributed by atoms with Crippen molar-refractivity contribution in [2.75, 3.05) is 13.1 Å². The molecule has 1 amide bonds. The molecule has 0 spiro atoms. The highest BCUT2D eigenvalue weighted by atomic mass is 79.9. The Hall–Kier alpha value is -1.16. The van der Waals surface area contributed by atoms with E-state index in [1.807, 2.05) is 12.1 Å². The fourth-order valence-corrected chi connectivity index (χ4v) is 2.53. The molecule has 0 bridgehead atoms. The molecule has 0 saturated carbocycles. The van der Waals surface area contributed by atoms with Crippen LogP contribution in [-0.4, -0.2) is 29.7 Å². The number of hydrogen-bond donors (Lipinski definition) is 0. The SMILES string of the molecule is O=C(CN1CCCCCC1=O)c1cccc(Br)c1. The summed E-state index contributed by atoms with van der Waals surface area (Å²) in [5.74, 6) is 0.113. The second-order valence-corrected chi connectivity index (χ2v) is 5.48. The van der Waals surface area contributed by atoms with Gasteiger partial charge in [-0.2, -0.15) is 0 Å². The van der Waals surface area contributed by atoms with E-state index in [2.05, 4.69) is 15.9 Å². The van der Waals surface area contributed by atoms with E-state index in [4.69, 9.17) is 0 Å². The zero-order chi connectivity index (χ0) is 13.0. The molecule has 0 N–H and O–H groups in total. The van der Waals surface area contributed by atoms with Gasteiger partial charge in [0.1, 0.15) is 0 Å². The van der Waals surface area contributed by atoms with Crippen molar-refractivity contribution in [2.45, 2.75) is 25.7 Å². The number of rotatable bonds is 3. The number of halogens is 1. The summed E-state index contributed by atoms with van der Waals surface area (Å²) >= 11 is 3.35. The molecule has 3 nitrogen and oxygen atoms in total. The van der Waals surface area contributed by atoms with Crippen LogP contribution >= 0.6 is 15.9 Å². The normalized spacial score (nSPS) is 16.5. The van der Waals surface area contributed by atoms with Crippen molar-refractivity contribution in [3.05, 3.63) is 34.3 Å². The van der Waals surface area contributed by atoms with Gasteiger partial charge in [0.2, 0.25) is 5.91 Å². The lowest BCUT2D eigenvalue weighted by molar-refractivity contribution is -0.130. The summed E-state index contributed by atoms with van der Waals surface area (Å²) in [5, 5.41) is 0. The minimum Gasteiger partial charge on any atom is -0.335 e. The van der Waals surface area contributed by atoms with Crippen LogP contribution in [0.25, 0.3) is 0 Å². The smallest absolute Gasteiger partial charge is 0.222 e. The van der Waals surface area contributed by atoms with E-state index < -0.39 is 0 Å². The highest BCUT2D eigenvalue weighted by Gasteiger charge is 2.19. The Kier molecular flexibility index (Phi) is 4.53. The summed E-state index contributed by atoms with van der Waals surface area (Å²) in [6.07, 6.45) is 3.59. The van der Waals surface area contributed by atoms with Gasteiger partial charge in [-0.25, -0.2) is 0 Å². The van der Waals surface area contributed by atoms with E-state index in [1.54, 1.807) is 17.0 Å². The number of carbonyl (C=O) groups is 2. The second kappa shape index (κ2) is 6.14. The summed E-state index contributed by atoms with van der Waals surface area (Å²) in [6, 6.07) is 7.30. The van der Waals surface area contributed by atoms with Gasteiger partial charge in [-0.3, -0.25) is 9.59 Å². The lowest BCUT2D eigenvalue weighted by Crippen LogP contribution is -2.35. The molecule has 1 aliphatic heterocycles. The van der Waals surface area contributed by atoms with Crippen LogP contribution < -0.4 is 0 Å². The largest absolute Gasteiger partial charge is 0.335 e. The minimum atomic E-state index is 0.00606. The number of Topliss-reactive ketones (excluding diaryl/α,β-unsaturated/α-hetero) is 1. The summed E-state index contributed by atoms with van der Waals surface area (Å²) in [5.41, 5.74) is 0.654. The van der Waals surface area contributed by atoms with Crippen molar-refractivity contribution in [3.8, 4) is 0 Å². The zero-order valence-electron chi connectivity index (χ0n) is 10.2. The predicted molar refractivity (Wildman–Crippen MR) is 73.5 cm³/mol. The average molecular weight is 310 g/mol. The number of ketones is 1. The topological polar surface area (TPSA) is 37.4 Å². The first-order valence-electron chi connectivity index (χ1n) is 6.23. The Balaban J connectivity index is 2.04. The Morgan fingerprint density at radius 3 is 2.89 bits per heavy atom. The van der Waals surface area contributed by atoms with Crippen molar-refractivity contribution in [3.63, 3.8) is 0 Å². The number of amides is 1. The van der Waals surface area contributed by atoms with Gasteiger partial charge in [0.15, 0.2) is 5.78 Å². The van der Waals surface area contributed by atoms with Crippen LogP contribution in [0.3, 0.4) is 0 Å². The third-order valence-corrected chi connectivity index (χ3v) is 3.65. The molecule has 1 aromatic rings. The Morgan fingerprint density at radius 2 is 2.11 bits per heavy atom. The van der Waals surface area contributed by atoms with Crippen molar-refractivity contribution in [2.24, 2.45) is 0 Å². The average Bonchev–Trinajstić information content (AvgIpc) is 2.55. The quantitative estimate of drug-likeness (QED) is 0.805. The summed E-state index contributed by atoms with van der Waals surface area (Å²) < 4.78 is 0.885. The van der Waals surface area contributed by atoms with Gasteiger partial charge < -0.3 is 4.90 Å². The summed E-state index contributed by atoms with van der Waals surface area (Å²) in [4.78, 5) is 25.6. The van der Waals surface area contributed by atoms with Gasteiger partial charge in [-0.1, -0.05) is 34.5 Å². The van der Waals surface area contributed by atoms with Crippen LogP contribution in [0.15, 0.2) is 28.7 Å². The van der Waals surface area contributed by atoms with Gasteiger partial charge in [-0.05, 0) is 25.0 Å². The van der Waals surface area contributed by atoms with E-state index in [1.165, 1.54) is 0 Å². The van der Waals surface area contributed by atoms with Crippen molar-refractivity contribution >= 4 is 27.6 Å². The molecule has 2 rings (SSSR count). The highest BCUT2D eigenvalue weighted by Crippen LogP contribution is 2.15. The third kappa shape index (κ3) is 3.42. The molecule has 4 heteroatoms. The fourth-order valence-electron chi connectivity index (χ4n) is 2.13. The maximum atomic E-state index is 12.1. The molecule has 0 atom stereocenters. The van der Waals surface area contributed by atoms with Crippen molar-refractivity contribution < 1.29 is 9.59 Å². The first-order valence-corrected chi connectivity index (χ1v) is 7.02. The molecule has 0 aromatic heterocycles. The van der Waals surface area contributed by atoms with Gasteiger partial charge in [0.25, 0.3) is 0 Å². The van der Waals surface area contributed by atoms with E-state index in [-0.39, 0.29) is 18.2 Å². The number of likely N-dealkylation sites (tertiary alicyclic amines) is 1. The van der Waals surface area contributed by atoms with Crippen LogP contribution in [0.4, 0.5) is 0 Å². The lowest BCUT2D eigenvalue weighted by Gasteiger charge is -2.19. The Morgan fingerprint density at radius 1 is 1.28 bits per heavy atom. The van der Waals surface area contributed by atoms with Gasteiger partial charge in [0.05, 0.1) is 6.54 Å². The monoisotopic (exact) mass is 309 g/mol. The Bertz CT molecular complexity index is 459. The van der Waals surface area contributed by atoms with Crippen LogP contribution in [0.2, 0.25) is 0 Å². The van der Waals surface area contributed by atoms with Crippen molar-refractivity contribution in [1.82, 2.24) is 4.90 Å². The summed E-state index contributed by atoms with van der Waals surface area (Å²) in [7, 11) is 0. The second-order valence-electron chi connectivity index (χ2n) is 4.56. The molecular weight excluding hydrogens is 294 g/mol. The van der Waals surface area contributed by atoms with Crippen molar-refractivity contribution in [1.29, 1.82) is 0 Å². The maximum Gasteiger partial charge on any atom is 0.222 e. The third-order valence-electron chi connectivity index (χ3n) is 3.15. The fraction of sp³-hybridized carbons (Fsp3) is 0.429. The number of benzene rings is 1. The van der Waals surface area contributed by atoms with Crippen LogP contribution in [-0.2, 0) is 4.79 Å². The van der Waals surface area contributed by atoms with E-state index >= 15 is 0 Å². The van der Waals surface area contributed by atoms with E-state index in [9.17, 15) is 9.59 Å². The van der Waals surface area contributed by atoms with E-state index in [0.717, 1.165) is 23.7 Å². The zero-order valence-corrected chi connectivity index (χ0v) is 11.8. The molecule has 1 saturated heterocycles. The number of carbonyl (C=O) groups excluding carboxylic acids is 2. The molecule has 0 aliphatic carbocycles. The summed E-state index contributed by atoms with van der Waals surface area (Å²) in [6.45, 7) is 0.911. The molecule has 1 aliphatic rings. The first-order chi connectivity index (χ1) is 8.66. The van der Waals surface area contributed by atoms with E-state index in [0.29, 0.717) is 18.5 Å². The predicted octanol–water partition coefficient (Wildman–Crippen LogP) is 3.03. The molecule has 1 fully saturated rings. The molecule has 0 unspecified atom stereocenters. The number of hydrogen-bond acceptors (Lipinski definition) is 2. The molecule has 18 heavy (non-hydrogen) atoms. The Labute approximate surface area is 115 Å². The van der Waals surface area contributed by atoms with Gasteiger partial charge >= 0.3 is 0 Å². The minimum absolute atomic E-state index is 0.00606. The highest BCUT2D eigenvalue weighted by molar-refractivity contribution is 9.10. The van der Waals surface area contributed by atoms with Gasteiger partial charge in [-0.15, -0.1) is 0 Å². The number of nitrogens with zero attached hydrogens (tertiary/aromatic N) is 1. The molecule has 1 aromatic carbocycles. The molecular formula is C14H16BrNO2. The molecule has 96 valence electrons. The molecule has 1 heterocycles. The maximum absolute atomic E-state index is 12.1. The van der Waals surface area contributed by atoms with Crippen LogP contribution in [0.1, 0.15) is 36.0 Å².